The maximum Gasteiger partial charge on any atom is 0.322 e. The first-order valence-electron chi connectivity index (χ1n) is 2.94. The summed E-state index contributed by atoms with van der Waals surface area (Å²) in [4.78, 5) is 20.7. The molecule has 0 heterocycles. The molecule has 6 nitrogen and oxygen atoms in total. The van der Waals surface area contributed by atoms with Gasteiger partial charge >= 0.3 is 5.97 Å². The largest absolute Gasteiger partial charge is 0.480 e. The standard InChI is InChI=1S/C5H10N2O3S.H2O/c6-3(2-11)5(10)7-1-4(8)9;/h3,11H,1-2,6H2,(H,7,10)(H,8,9);1H2/t3-;/m0./s1. The van der Waals surface area contributed by atoms with E-state index < -0.39 is 24.5 Å². The molecular weight excluding hydrogens is 184 g/mol. The first-order valence-corrected chi connectivity index (χ1v) is 3.57. The van der Waals surface area contributed by atoms with Crippen LogP contribution in [0, 0.1) is 0 Å². The van der Waals surface area contributed by atoms with E-state index in [1.807, 2.05) is 0 Å². The molecule has 0 aliphatic rings. The van der Waals surface area contributed by atoms with Gasteiger partial charge in [0, 0.05) is 5.75 Å². The van der Waals surface area contributed by atoms with Crippen LogP contribution in [0.4, 0.5) is 0 Å². The Morgan fingerprint density at radius 2 is 2.08 bits per heavy atom. The molecule has 0 radical (unpaired) electrons. The van der Waals surface area contributed by atoms with Crippen molar-refractivity contribution >= 4 is 24.5 Å². The number of amides is 1. The minimum Gasteiger partial charge on any atom is -0.480 e. The fourth-order valence-electron chi connectivity index (χ4n) is 0.377. The van der Waals surface area contributed by atoms with E-state index >= 15 is 0 Å². The zero-order valence-corrected chi connectivity index (χ0v) is 7.17. The Labute approximate surface area is 74.8 Å². The number of carbonyl (C=O) groups excluding carboxylic acids is 1. The summed E-state index contributed by atoms with van der Waals surface area (Å²) < 4.78 is 0. The van der Waals surface area contributed by atoms with Gasteiger partial charge in [-0.2, -0.15) is 12.6 Å². The molecule has 0 bridgehead atoms. The van der Waals surface area contributed by atoms with Gasteiger partial charge in [0.1, 0.15) is 6.54 Å². The van der Waals surface area contributed by atoms with Crippen molar-refractivity contribution in [1.82, 2.24) is 5.32 Å². The number of hydrogen-bond donors (Lipinski definition) is 4. The maximum atomic E-state index is 10.7. The number of carboxylic acid groups (broad SMARTS) is 1. The number of aliphatic carboxylic acids is 1. The molecule has 1 amide bonds. The lowest BCUT2D eigenvalue weighted by Gasteiger charge is -2.06. The lowest BCUT2D eigenvalue weighted by Crippen LogP contribution is -2.43. The zero-order valence-electron chi connectivity index (χ0n) is 6.28. The maximum absolute atomic E-state index is 10.7. The summed E-state index contributed by atoms with van der Waals surface area (Å²) in [7, 11) is 0. The molecule has 0 spiro atoms. The van der Waals surface area contributed by atoms with Gasteiger partial charge in [-0.1, -0.05) is 0 Å². The van der Waals surface area contributed by atoms with Crippen molar-refractivity contribution in [2.24, 2.45) is 5.73 Å². The van der Waals surface area contributed by atoms with Gasteiger partial charge in [-0.15, -0.1) is 0 Å². The number of rotatable bonds is 4. The normalized spacial score (nSPS) is 11.2. The van der Waals surface area contributed by atoms with Crippen LogP contribution in [0.3, 0.4) is 0 Å². The Bertz CT molecular complexity index is 164. The third-order valence-electron chi connectivity index (χ3n) is 0.947. The van der Waals surface area contributed by atoms with Gasteiger partial charge in [0.15, 0.2) is 0 Å². The van der Waals surface area contributed by atoms with Crippen molar-refractivity contribution in [3.63, 3.8) is 0 Å². The van der Waals surface area contributed by atoms with Crippen molar-refractivity contribution in [3.8, 4) is 0 Å². The summed E-state index contributed by atoms with van der Waals surface area (Å²) in [5.41, 5.74) is 5.22. The molecule has 1 atom stereocenters. The second-order valence-electron chi connectivity index (χ2n) is 1.90. The first-order chi connectivity index (χ1) is 5.07. The van der Waals surface area contributed by atoms with Gasteiger partial charge in [0.25, 0.3) is 0 Å². The first kappa shape index (κ1) is 13.8. The number of carboxylic acids is 1. The second kappa shape index (κ2) is 6.89. The molecule has 0 saturated carbocycles. The summed E-state index contributed by atoms with van der Waals surface area (Å²) in [6.45, 7) is -0.402. The molecule has 0 aromatic heterocycles. The van der Waals surface area contributed by atoms with Crippen LogP contribution < -0.4 is 11.1 Å². The van der Waals surface area contributed by atoms with Crippen molar-refractivity contribution < 1.29 is 20.2 Å². The molecule has 0 aliphatic heterocycles. The van der Waals surface area contributed by atoms with Crippen LogP contribution >= 0.6 is 12.6 Å². The van der Waals surface area contributed by atoms with E-state index in [-0.39, 0.29) is 11.2 Å². The highest BCUT2D eigenvalue weighted by atomic mass is 32.1. The van der Waals surface area contributed by atoms with Crippen LogP contribution in [-0.4, -0.2) is 40.8 Å². The third kappa shape index (κ3) is 5.96. The van der Waals surface area contributed by atoms with Crippen LogP contribution in [-0.2, 0) is 9.59 Å². The molecule has 0 fully saturated rings. The summed E-state index contributed by atoms with van der Waals surface area (Å²) in [6, 6.07) is -0.738. The molecule has 7 heteroatoms. The minimum absolute atomic E-state index is 0. The smallest absolute Gasteiger partial charge is 0.322 e. The van der Waals surface area contributed by atoms with Gasteiger partial charge in [0.05, 0.1) is 6.04 Å². The molecule has 12 heavy (non-hydrogen) atoms. The van der Waals surface area contributed by atoms with Crippen molar-refractivity contribution in [3.05, 3.63) is 0 Å². The Kier molecular flexibility index (Phi) is 7.91. The number of thiol groups is 1. The highest BCUT2D eigenvalue weighted by Crippen LogP contribution is 1.82. The molecular formula is C5H12N2O4S. The second-order valence-corrected chi connectivity index (χ2v) is 2.27. The van der Waals surface area contributed by atoms with E-state index in [2.05, 4.69) is 17.9 Å². The van der Waals surface area contributed by atoms with Crippen LogP contribution in [0.5, 0.6) is 0 Å². The van der Waals surface area contributed by atoms with Gasteiger partial charge in [-0.05, 0) is 0 Å². The minimum atomic E-state index is -1.09. The number of hydrogen-bond acceptors (Lipinski definition) is 4. The predicted molar refractivity (Wildman–Crippen MR) is 46.1 cm³/mol. The number of nitrogens with two attached hydrogens (primary N) is 1. The summed E-state index contributed by atoms with van der Waals surface area (Å²) in [6.07, 6.45) is 0. The van der Waals surface area contributed by atoms with Crippen molar-refractivity contribution in [1.29, 1.82) is 0 Å². The van der Waals surface area contributed by atoms with Crippen molar-refractivity contribution in [2.75, 3.05) is 12.3 Å². The Morgan fingerprint density at radius 1 is 1.58 bits per heavy atom. The van der Waals surface area contributed by atoms with Gasteiger partial charge < -0.3 is 21.6 Å². The molecule has 72 valence electrons. The van der Waals surface area contributed by atoms with Crippen molar-refractivity contribution in [2.45, 2.75) is 6.04 Å². The van der Waals surface area contributed by atoms with E-state index in [0.29, 0.717) is 0 Å². The summed E-state index contributed by atoms with van der Waals surface area (Å²) in [5.74, 6) is -1.39. The SMILES string of the molecule is N[C@@H](CS)C(=O)NCC(=O)O.O. The van der Waals surface area contributed by atoms with Crippen LogP contribution in [0.15, 0.2) is 0 Å². The van der Waals surface area contributed by atoms with E-state index in [1.165, 1.54) is 0 Å². The lowest BCUT2D eigenvalue weighted by atomic mass is 10.3. The van der Waals surface area contributed by atoms with Gasteiger partial charge in [-0.25, -0.2) is 0 Å². The average molecular weight is 196 g/mol. The Morgan fingerprint density at radius 3 is 2.42 bits per heavy atom. The average Bonchev–Trinajstić information content (AvgIpc) is 1.98. The quantitative estimate of drug-likeness (QED) is 0.375. The molecule has 0 unspecified atom stereocenters. The predicted octanol–water partition coefficient (Wildman–Crippen LogP) is -2.38. The van der Waals surface area contributed by atoms with E-state index in [0.717, 1.165) is 0 Å². The Hall–Kier alpha value is -0.790. The lowest BCUT2D eigenvalue weighted by molar-refractivity contribution is -0.138. The number of carbonyl (C=O) groups is 2. The highest BCUT2D eigenvalue weighted by molar-refractivity contribution is 7.80. The summed E-state index contributed by atoms with van der Waals surface area (Å²) in [5, 5.41) is 10.3. The summed E-state index contributed by atoms with van der Waals surface area (Å²) >= 11 is 3.77. The van der Waals surface area contributed by atoms with Crippen LogP contribution in [0.25, 0.3) is 0 Å². The molecule has 0 aromatic carbocycles. The topological polar surface area (TPSA) is 124 Å². The Balaban J connectivity index is 0. The van der Waals surface area contributed by atoms with Gasteiger partial charge in [0.2, 0.25) is 5.91 Å². The molecule has 0 aromatic rings. The zero-order chi connectivity index (χ0) is 8.85. The van der Waals surface area contributed by atoms with E-state index in [9.17, 15) is 9.59 Å². The van der Waals surface area contributed by atoms with E-state index in [4.69, 9.17) is 10.8 Å². The third-order valence-corrected chi connectivity index (χ3v) is 1.34. The van der Waals surface area contributed by atoms with Crippen LogP contribution in [0.2, 0.25) is 0 Å². The van der Waals surface area contributed by atoms with E-state index in [1.54, 1.807) is 0 Å². The molecule has 0 saturated heterocycles. The fraction of sp³-hybridized carbons (Fsp3) is 0.600. The fourth-order valence-corrected chi connectivity index (χ4v) is 0.543. The number of nitrogens with one attached hydrogen (secondary N) is 1. The molecule has 6 N–H and O–H groups in total. The van der Waals surface area contributed by atoms with Crippen LogP contribution in [0.1, 0.15) is 0 Å². The van der Waals surface area contributed by atoms with Gasteiger partial charge in [-0.3, -0.25) is 9.59 Å². The molecule has 0 rings (SSSR count). The molecule has 0 aliphatic carbocycles. The monoisotopic (exact) mass is 196 g/mol. The highest BCUT2D eigenvalue weighted by Gasteiger charge is 2.11.